The minimum Gasteiger partial charge on any atom is -0.489 e. The molecule has 1 saturated heterocycles. The number of rotatable bonds is 9. The number of aromatic nitrogens is 2. The number of carboxylic acid groups (broad SMARTS) is 1. The number of benzene rings is 1. The van der Waals surface area contributed by atoms with E-state index in [1.807, 2.05) is 6.08 Å². The Morgan fingerprint density at radius 2 is 2.00 bits per heavy atom. The number of alkyl halides is 3. The molecule has 1 atom stereocenters. The molecular weight excluding hydrogens is 559 g/mol. The summed E-state index contributed by atoms with van der Waals surface area (Å²) in [6.07, 6.45) is 1.44. The van der Waals surface area contributed by atoms with Crippen LogP contribution >= 0.6 is 0 Å². The zero-order chi connectivity index (χ0) is 30.9. The molecule has 0 bridgehead atoms. The summed E-state index contributed by atoms with van der Waals surface area (Å²) >= 11 is 0. The van der Waals surface area contributed by atoms with Crippen LogP contribution < -0.4 is 10.1 Å². The number of nitrogens with zero attached hydrogens (tertiary/aromatic N) is 4. The molecule has 0 spiro atoms. The van der Waals surface area contributed by atoms with E-state index in [4.69, 9.17) is 14.0 Å². The third-order valence-corrected chi connectivity index (χ3v) is 6.08. The van der Waals surface area contributed by atoms with Crippen molar-refractivity contribution < 1.29 is 41.9 Å². The number of unbranched alkanes of at least 4 members (excludes halogenated alkanes) is 3. The molecule has 2 heterocycles. The van der Waals surface area contributed by atoms with Gasteiger partial charge in [-0.25, -0.2) is 9.59 Å². The predicted molar refractivity (Wildman–Crippen MR) is 147 cm³/mol. The normalized spacial score (nSPS) is 16.2. The molecule has 42 heavy (non-hydrogen) atoms. The lowest BCUT2D eigenvalue weighted by molar-refractivity contribution is -0.138. The van der Waals surface area contributed by atoms with E-state index in [0.29, 0.717) is 19.4 Å². The van der Waals surface area contributed by atoms with Crippen LogP contribution in [0.1, 0.15) is 83.7 Å². The third kappa shape index (κ3) is 9.48. The van der Waals surface area contributed by atoms with Gasteiger partial charge in [0.2, 0.25) is 17.7 Å². The van der Waals surface area contributed by atoms with Crippen molar-refractivity contribution in [2.24, 2.45) is 4.99 Å². The molecule has 2 aromatic rings. The van der Waals surface area contributed by atoms with Crippen LogP contribution in [-0.4, -0.2) is 57.0 Å². The minimum absolute atomic E-state index is 0.00398. The maximum Gasteiger partial charge on any atom is 0.437 e. The quantitative estimate of drug-likeness (QED) is 0.136. The number of carbonyl (C=O) groups excluding carboxylic acids is 1. The fraction of sp³-hybridized carbons (Fsp3) is 0.536. The van der Waals surface area contributed by atoms with E-state index in [9.17, 15) is 27.9 Å². The lowest BCUT2D eigenvalue weighted by Gasteiger charge is -2.25. The molecule has 11 nitrogen and oxygen atoms in total. The summed E-state index contributed by atoms with van der Waals surface area (Å²) in [5.41, 5.74) is -1.79. The Kier molecular flexibility index (Phi) is 10.9. The van der Waals surface area contributed by atoms with Crippen molar-refractivity contribution in [1.29, 1.82) is 0 Å². The van der Waals surface area contributed by atoms with E-state index in [1.165, 1.54) is 17.0 Å². The molecule has 2 amide bonds. The lowest BCUT2D eigenvalue weighted by atomic mass is 10.1. The van der Waals surface area contributed by atoms with Crippen LogP contribution in [-0.2, 0) is 10.9 Å². The van der Waals surface area contributed by atoms with Crippen LogP contribution in [0.5, 0.6) is 5.75 Å². The van der Waals surface area contributed by atoms with Gasteiger partial charge in [0.05, 0.1) is 5.56 Å². The van der Waals surface area contributed by atoms with Gasteiger partial charge in [-0.1, -0.05) is 37.1 Å². The second-order valence-corrected chi connectivity index (χ2v) is 10.6. The SMILES string of the molecule is CCCCC/C=C/COc1ccc(-c2noc(C3CCCN3C(=NC(=O)OC(C)(C)C)NC(=O)O)n2)cc1C(F)(F)F. The van der Waals surface area contributed by atoms with Crippen molar-refractivity contribution in [2.45, 2.75) is 84.0 Å². The summed E-state index contributed by atoms with van der Waals surface area (Å²) in [5, 5.41) is 15.3. The number of allylic oxidation sites excluding steroid dienone is 1. The topological polar surface area (TPSA) is 139 Å². The smallest absolute Gasteiger partial charge is 0.437 e. The zero-order valence-corrected chi connectivity index (χ0v) is 24.0. The first-order chi connectivity index (χ1) is 19.8. The van der Waals surface area contributed by atoms with Gasteiger partial charge in [-0.15, -0.1) is 4.99 Å². The Hall–Kier alpha value is -4.10. The number of likely N-dealkylation sites (tertiary alicyclic amines) is 1. The number of hydrogen-bond acceptors (Lipinski definition) is 7. The van der Waals surface area contributed by atoms with Crippen molar-refractivity contribution in [3.63, 3.8) is 0 Å². The van der Waals surface area contributed by atoms with E-state index in [-0.39, 0.29) is 35.6 Å². The summed E-state index contributed by atoms with van der Waals surface area (Å²) < 4.78 is 57.6. The molecule has 1 aliphatic rings. The average molecular weight is 596 g/mol. The molecule has 3 rings (SSSR count). The molecule has 1 aromatic carbocycles. The first-order valence-electron chi connectivity index (χ1n) is 13.7. The van der Waals surface area contributed by atoms with Crippen molar-refractivity contribution in [3.8, 4) is 17.1 Å². The molecule has 230 valence electrons. The van der Waals surface area contributed by atoms with Crippen LogP contribution in [0.25, 0.3) is 11.4 Å². The molecule has 1 fully saturated rings. The predicted octanol–water partition coefficient (Wildman–Crippen LogP) is 6.97. The molecule has 1 aliphatic heterocycles. The summed E-state index contributed by atoms with van der Waals surface area (Å²) in [6.45, 7) is 7.29. The van der Waals surface area contributed by atoms with E-state index < -0.39 is 35.6 Å². The van der Waals surface area contributed by atoms with Gasteiger partial charge in [0.15, 0.2) is 0 Å². The fourth-order valence-corrected chi connectivity index (χ4v) is 4.25. The summed E-state index contributed by atoms with van der Waals surface area (Å²) in [4.78, 5) is 33.2. The second kappa shape index (κ2) is 14.2. The molecular formula is C28H36F3N5O6. The number of halogens is 3. The number of hydrogen-bond donors (Lipinski definition) is 2. The summed E-state index contributed by atoms with van der Waals surface area (Å²) in [5.74, 6) is -0.688. The van der Waals surface area contributed by atoms with Gasteiger partial charge in [0, 0.05) is 12.1 Å². The number of ether oxygens (including phenoxy) is 2. The van der Waals surface area contributed by atoms with Crippen LogP contribution in [0.3, 0.4) is 0 Å². The van der Waals surface area contributed by atoms with Crippen LogP contribution in [0, 0.1) is 0 Å². The average Bonchev–Trinajstić information content (AvgIpc) is 3.56. The van der Waals surface area contributed by atoms with E-state index in [0.717, 1.165) is 31.7 Å². The monoisotopic (exact) mass is 595 g/mol. The zero-order valence-electron chi connectivity index (χ0n) is 24.0. The maximum atomic E-state index is 13.9. The molecule has 2 N–H and O–H groups in total. The van der Waals surface area contributed by atoms with Gasteiger partial charge in [0.1, 0.15) is 24.0 Å². The van der Waals surface area contributed by atoms with Crippen molar-refractivity contribution in [3.05, 3.63) is 41.8 Å². The van der Waals surface area contributed by atoms with Gasteiger partial charge in [-0.05, 0) is 64.7 Å². The van der Waals surface area contributed by atoms with Crippen molar-refractivity contribution in [2.75, 3.05) is 13.2 Å². The Bertz CT molecular complexity index is 1290. The minimum atomic E-state index is -4.69. The number of carbonyl (C=O) groups is 2. The van der Waals surface area contributed by atoms with Gasteiger partial charge in [-0.3, -0.25) is 5.32 Å². The van der Waals surface area contributed by atoms with Gasteiger partial charge in [0.25, 0.3) is 0 Å². The molecule has 1 unspecified atom stereocenters. The molecule has 0 radical (unpaired) electrons. The highest BCUT2D eigenvalue weighted by Gasteiger charge is 2.37. The Balaban J connectivity index is 1.81. The van der Waals surface area contributed by atoms with Gasteiger partial charge >= 0.3 is 18.4 Å². The van der Waals surface area contributed by atoms with E-state index in [2.05, 4.69) is 27.4 Å². The van der Waals surface area contributed by atoms with Gasteiger partial charge < -0.3 is 24.0 Å². The fourth-order valence-electron chi connectivity index (χ4n) is 4.25. The standard InChI is InChI=1S/C28H36F3N5O6/c1-5-6-7-8-9-10-16-40-21-14-13-18(17-19(21)28(29,30)31)22-32-23(42-35-22)20-12-11-15-36(20)24(33-25(37)38)34-26(39)41-27(2,3)4/h9-10,13-14,17,20H,5-8,11-12,15-16H2,1-4H3,(H,37,38)(H,33,34,39)/b10-9+. The molecule has 0 saturated carbocycles. The number of nitrogens with one attached hydrogen (secondary N) is 1. The van der Waals surface area contributed by atoms with E-state index >= 15 is 0 Å². The van der Waals surface area contributed by atoms with Crippen LogP contribution in [0.4, 0.5) is 22.8 Å². The molecule has 14 heteroatoms. The number of aliphatic imine (C=N–C) groups is 1. The Morgan fingerprint density at radius 3 is 2.67 bits per heavy atom. The van der Waals surface area contributed by atoms with Gasteiger partial charge in [-0.2, -0.15) is 18.2 Å². The first-order valence-corrected chi connectivity index (χ1v) is 13.7. The number of amides is 2. The molecule has 0 aliphatic carbocycles. The van der Waals surface area contributed by atoms with E-state index in [1.54, 1.807) is 26.8 Å². The Labute approximate surface area is 241 Å². The maximum absolute atomic E-state index is 13.9. The van der Waals surface area contributed by atoms with Crippen LogP contribution in [0.2, 0.25) is 0 Å². The van der Waals surface area contributed by atoms with Crippen molar-refractivity contribution >= 4 is 18.1 Å². The highest BCUT2D eigenvalue weighted by molar-refractivity contribution is 5.98. The lowest BCUT2D eigenvalue weighted by Crippen LogP contribution is -2.44. The highest BCUT2D eigenvalue weighted by Crippen LogP contribution is 2.39. The number of guanidine groups is 1. The van der Waals surface area contributed by atoms with Crippen LogP contribution in [0.15, 0.2) is 39.9 Å². The second-order valence-electron chi connectivity index (χ2n) is 10.6. The molecule has 1 aromatic heterocycles. The largest absolute Gasteiger partial charge is 0.489 e. The summed E-state index contributed by atoms with van der Waals surface area (Å²) in [6, 6.07) is 2.82. The highest BCUT2D eigenvalue weighted by atomic mass is 19.4. The van der Waals surface area contributed by atoms with Crippen molar-refractivity contribution in [1.82, 2.24) is 20.4 Å². The first kappa shape index (κ1) is 32.4. The third-order valence-electron chi connectivity index (χ3n) is 6.08. The summed E-state index contributed by atoms with van der Waals surface area (Å²) in [7, 11) is 0. The Morgan fingerprint density at radius 1 is 1.24 bits per heavy atom.